The molecular formula is C25H33N3O2. The Kier molecular flexibility index (Phi) is 7.25. The van der Waals surface area contributed by atoms with Gasteiger partial charge in [-0.2, -0.15) is 0 Å². The largest absolute Gasteiger partial charge is 0.491 e. The predicted molar refractivity (Wildman–Crippen MR) is 120 cm³/mol. The van der Waals surface area contributed by atoms with Crippen LogP contribution in [0.4, 0.5) is 4.79 Å². The molecule has 1 fully saturated rings. The number of ether oxygens (including phenoxy) is 1. The molecule has 0 saturated carbocycles. The van der Waals surface area contributed by atoms with Gasteiger partial charge in [0.1, 0.15) is 12.4 Å². The lowest BCUT2D eigenvalue weighted by Gasteiger charge is -2.32. The topological polar surface area (TPSA) is 53.6 Å². The summed E-state index contributed by atoms with van der Waals surface area (Å²) in [6, 6.07) is 18.8. The van der Waals surface area contributed by atoms with Crippen molar-refractivity contribution in [2.75, 3.05) is 32.8 Å². The van der Waals surface area contributed by atoms with Gasteiger partial charge in [-0.15, -0.1) is 0 Å². The fraction of sp³-hybridized carbons (Fsp3) is 0.480. The first-order valence-electron chi connectivity index (χ1n) is 11.3. The first-order chi connectivity index (χ1) is 14.8. The number of benzene rings is 2. The van der Waals surface area contributed by atoms with E-state index in [1.54, 1.807) is 0 Å². The SMILES string of the molecule is O=C(NCCCN1CCC(Cc2ccccc2)CC1)N[C@@H]1COc2ccccc2C1. The van der Waals surface area contributed by atoms with Crippen LogP contribution in [-0.2, 0) is 12.8 Å². The molecule has 0 spiro atoms. The van der Waals surface area contributed by atoms with Gasteiger partial charge in [0.05, 0.1) is 6.04 Å². The third-order valence-corrected chi connectivity index (χ3v) is 6.23. The van der Waals surface area contributed by atoms with Crippen molar-refractivity contribution >= 4 is 6.03 Å². The Labute approximate surface area is 179 Å². The average Bonchev–Trinajstić information content (AvgIpc) is 2.78. The highest BCUT2D eigenvalue weighted by atomic mass is 16.5. The number of amides is 2. The highest BCUT2D eigenvalue weighted by Gasteiger charge is 2.21. The average molecular weight is 408 g/mol. The molecule has 5 heteroatoms. The zero-order chi connectivity index (χ0) is 20.6. The van der Waals surface area contributed by atoms with Crippen LogP contribution in [0.5, 0.6) is 5.75 Å². The number of para-hydroxylation sites is 1. The first kappa shape index (κ1) is 20.7. The van der Waals surface area contributed by atoms with Crippen molar-refractivity contribution in [3.63, 3.8) is 0 Å². The summed E-state index contributed by atoms with van der Waals surface area (Å²) in [5.41, 5.74) is 2.61. The Bertz CT molecular complexity index is 803. The lowest BCUT2D eigenvalue weighted by Crippen LogP contribution is -2.47. The van der Waals surface area contributed by atoms with E-state index >= 15 is 0 Å². The maximum Gasteiger partial charge on any atom is 0.315 e. The van der Waals surface area contributed by atoms with Gasteiger partial charge in [-0.25, -0.2) is 4.79 Å². The molecule has 1 saturated heterocycles. The van der Waals surface area contributed by atoms with Gasteiger partial charge in [0, 0.05) is 6.54 Å². The minimum atomic E-state index is -0.0930. The summed E-state index contributed by atoms with van der Waals surface area (Å²) in [5, 5.41) is 6.04. The number of piperidine rings is 1. The summed E-state index contributed by atoms with van der Waals surface area (Å²) in [6.45, 7) is 4.63. The molecule has 2 amide bonds. The van der Waals surface area contributed by atoms with E-state index < -0.39 is 0 Å². The monoisotopic (exact) mass is 407 g/mol. The van der Waals surface area contributed by atoms with Gasteiger partial charge in [-0.05, 0) is 74.8 Å². The molecule has 2 N–H and O–H groups in total. The summed E-state index contributed by atoms with van der Waals surface area (Å²) in [7, 11) is 0. The Morgan fingerprint density at radius 2 is 1.80 bits per heavy atom. The zero-order valence-electron chi connectivity index (χ0n) is 17.7. The van der Waals surface area contributed by atoms with Crippen molar-refractivity contribution in [2.24, 2.45) is 5.92 Å². The van der Waals surface area contributed by atoms with Crippen LogP contribution in [0.25, 0.3) is 0 Å². The summed E-state index contributed by atoms with van der Waals surface area (Å²) in [4.78, 5) is 14.7. The number of hydrogen-bond acceptors (Lipinski definition) is 3. The first-order valence-corrected chi connectivity index (χ1v) is 11.3. The van der Waals surface area contributed by atoms with E-state index in [1.165, 1.54) is 37.9 Å². The number of carbonyl (C=O) groups excluding carboxylic acids is 1. The number of likely N-dealkylation sites (tertiary alicyclic amines) is 1. The van der Waals surface area contributed by atoms with Crippen molar-refractivity contribution in [1.29, 1.82) is 0 Å². The van der Waals surface area contributed by atoms with Crippen LogP contribution in [0.2, 0.25) is 0 Å². The van der Waals surface area contributed by atoms with Crippen LogP contribution in [0.3, 0.4) is 0 Å². The molecular weight excluding hydrogens is 374 g/mol. The van der Waals surface area contributed by atoms with Crippen LogP contribution in [-0.4, -0.2) is 49.8 Å². The van der Waals surface area contributed by atoms with Crippen LogP contribution in [0.15, 0.2) is 54.6 Å². The van der Waals surface area contributed by atoms with Crippen molar-refractivity contribution in [3.8, 4) is 5.75 Å². The van der Waals surface area contributed by atoms with Gasteiger partial charge in [0.25, 0.3) is 0 Å². The van der Waals surface area contributed by atoms with Crippen LogP contribution < -0.4 is 15.4 Å². The van der Waals surface area contributed by atoms with Crippen molar-refractivity contribution in [2.45, 2.75) is 38.1 Å². The van der Waals surface area contributed by atoms with Gasteiger partial charge >= 0.3 is 6.03 Å². The number of nitrogens with zero attached hydrogens (tertiary/aromatic N) is 1. The number of rotatable bonds is 7. The molecule has 0 aliphatic carbocycles. The van der Waals surface area contributed by atoms with Gasteiger partial charge in [0.15, 0.2) is 0 Å². The van der Waals surface area contributed by atoms with E-state index in [1.807, 2.05) is 18.2 Å². The summed E-state index contributed by atoms with van der Waals surface area (Å²) in [5.74, 6) is 1.74. The maximum absolute atomic E-state index is 12.2. The number of carbonyl (C=O) groups is 1. The van der Waals surface area contributed by atoms with Crippen LogP contribution >= 0.6 is 0 Å². The predicted octanol–water partition coefficient (Wildman–Crippen LogP) is 3.63. The van der Waals surface area contributed by atoms with E-state index in [0.717, 1.165) is 36.6 Å². The van der Waals surface area contributed by atoms with E-state index in [4.69, 9.17) is 4.74 Å². The second-order valence-electron chi connectivity index (χ2n) is 8.55. The fourth-order valence-electron chi connectivity index (χ4n) is 4.52. The van der Waals surface area contributed by atoms with E-state index in [0.29, 0.717) is 13.2 Å². The van der Waals surface area contributed by atoms with Crippen molar-refractivity contribution in [3.05, 3.63) is 65.7 Å². The highest BCUT2D eigenvalue weighted by molar-refractivity contribution is 5.74. The number of fused-ring (bicyclic) bond motifs is 1. The molecule has 1 atom stereocenters. The van der Waals surface area contributed by atoms with E-state index in [9.17, 15) is 4.79 Å². The van der Waals surface area contributed by atoms with E-state index in [2.05, 4.69) is 51.9 Å². The lowest BCUT2D eigenvalue weighted by atomic mass is 9.90. The Morgan fingerprint density at radius 3 is 2.63 bits per heavy atom. The Balaban J connectivity index is 1.08. The van der Waals surface area contributed by atoms with Crippen molar-refractivity contribution < 1.29 is 9.53 Å². The lowest BCUT2D eigenvalue weighted by molar-refractivity contribution is 0.181. The number of hydrogen-bond donors (Lipinski definition) is 2. The van der Waals surface area contributed by atoms with Gasteiger partial charge in [-0.1, -0.05) is 48.5 Å². The normalized spacial score (nSPS) is 19.5. The highest BCUT2D eigenvalue weighted by Crippen LogP contribution is 2.24. The molecule has 2 aromatic carbocycles. The minimum Gasteiger partial charge on any atom is -0.491 e. The van der Waals surface area contributed by atoms with Crippen LogP contribution in [0, 0.1) is 5.92 Å². The molecule has 2 heterocycles. The third-order valence-electron chi connectivity index (χ3n) is 6.23. The van der Waals surface area contributed by atoms with Gasteiger partial charge in [-0.3, -0.25) is 0 Å². The maximum atomic E-state index is 12.2. The molecule has 0 unspecified atom stereocenters. The Morgan fingerprint density at radius 1 is 1.03 bits per heavy atom. The third kappa shape index (κ3) is 5.99. The standard InChI is InChI=1S/C25H33N3O2/c29-25(27-23-18-22-9-4-5-10-24(22)30-19-23)26-13-6-14-28-15-11-21(12-16-28)17-20-7-2-1-3-8-20/h1-5,7-10,21,23H,6,11-19H2,(H2,26,27,29)/t23-/m0/s1. The van der Waals surface area contributed by atoms with Crippen molar-refractivity contribution in [1.82, 2.24) is 15.5 Å². The molecule has 4 rings (SSSR count). The second kappa shape index (κ2) is 10.5. The summed E-state index contributed by atoms with van der Waals surface area (Å²) >= 11 is 0. The number of urea groups is 1. The molecule has 2 aliphatic heterocycles. The zero-order valence-corrected chi connectivity index (χ0v) is 17.7. The summed E-state index contributed by atoms with van der Waals surface area (Å²) in [6.07, 6.45) is 5.55. The fourth-order valence-corrected chi connectivity index (χ4v) is 4.52. The Hall–Kier alpha value is -2.53. The van der Waals surface area contributed by atoms with E-state index in [-0.39, 0.29) is 12.1 Å². The molecule has 0 aromatic heterocycles. The van der Waals surface area contributed by atoms with Gasteiger partial charge in [0.2, 0.25) is 0 Å². The number of nitrogens with one attached hydrogen (secondary N) is 2. The molecule has 30 heavy (non-hydrogen) atoms. The molecule has 2 aliphatic rings. The molecule has 160 valence electrons. The minimum absolute atomic E-state index is 0.0311. The molecule has 5 nitrogen and oxygen atoms in total. The smallest absolute Gasteiger partial charge is 0.315 e. The quantitative estimate of drug-likeness (QED) is 0.689. The molecule has 0 radical (unpaired) electrons. The summed E-state index contributed by atoms with van der Waals surface area (Å²) < 4.78 is 5.74. The molecule has 2 aromatic rings. The van der Waals surface area contributed by atoms with Crippen LogP contribution in [0.1, 0.15) is 30.4 Å². The second-order valence-corrected chi connectivity index (χ2v) is 8.55. The van der Waals surface area contributed by atoms with Gasteiger partial charge < -0.3 is 20.3 Å². The molecule has 0 bridgehead atoms.